The molecular weight excluding hydrogens is 484 g/mol. The maximum Gasteiger partial charge on any atom is 0.273 e. The third-order valence-corrected chi connectivity index (χ3v) is 6.29. The second-order valence-corrected chi connectivity index (χ2v) is 8.80. The van der Waals surface area contributed by atoms with Crippen molar-refractivity contribution >= 4 is 51.0 Å². The number of hydrazine groups is 1. The van der Waals surface area contributed by atoms with E-state index in [1.807, 2.05) is 12.2 Å². The number of imide groups is 1. The Bertz CT molecular complexity index is 1060. The van der Waals surface area contributed by atoms with Crippen molar-refractivity contribution in [1.29, 1.82) is 0 Å². The normalized spacial score (nSPS) is 20.0. The van der Waals surface area contributed by atoms with E-state index in [0.717, 1.165) is 14.5 Å². The highest BCUT2D eigenvalue weighted by molar-refractivity contribution is 9.10. The summed E-state index contributed by atoms with van der Waals surface area (Å²) in [6, 6.07) is 12.8. The van der Waals surface area contributed by atoms with Crippen LogP contribution in [0.2, 0.25) is 5.02 Å². The van der Waals surface area contributed by atoms with E-state index in [1.54, 1.807) is 36.4 Å². The number of hydrogen-bond donors (Lipinski definition) is 0. The first kappa shape index (κ1) is 21.5. The van der Waals surface area contributed by atoms with Crippen molar-refractivity contribution in [3.05, 3.63) is 81.3 Å². The summed E-state index contributed by atoms with van der Waals surface area (Å²) in [7, 11) is 0. The molecule has 0 N–H and O–H groups in total. The number of Topliss-reactive ketones (excluding diaryl/α,β-unsaturated/α-hetero) is 1. The number of halogens is 2. The molecule has 1 aliphatic carbocycles. The van der Waals surface area contributed by atoms with Gasteiger partial charge in [-0.25, -0.2) is 5.01 Å². The van der Waals surface area contributed by atoms with E-state index < -0.39 is 36.1 Å². The van der Waals surface area contributed by atoms with Gasteiger partial charge in [0, 0.05) is 20.6 Å². The molecule has 1 saturated heterocycles. The van der Waals surface area contributed by atoms with Crippen LogP contribution >= 0.6 is 27.5 Å². The minimum atomic E-state index is -0.615. The smallest absolute Gasteiger partial charge is 0.273 e. The number of allylic oxidation sites excluding steroid dienone is 2. The summed E-state index contributed by atoms with van der Waals surface area (Å²) in [5.41, 5.74) is 0.594. The first-order valence-corrected chi connectivity index (χ1v) is 10.9. The van der Waals surface area contributed by atoms with Crippen LogP contribution in [-0.2, 0) is 9.59 Å². The Morgan fingerprint density at radius 3 is 1.97 bits per heavy atom. The Morgan fingerprint density at radius 2 is 1.42 bits per heavy atom. The minimum absolute atomic E-state index is 0.224. The highest BCUT2D eigenvalue weighted by Gasteiger charge is 2.51. The van der Waals surface area contributed by atoms with Gasteiger partial charge < -0.3 is 0 Å². The molecule has 0 spiro atoms. The zero-order valence-electron chi connectivity index (χ0n) is 16.3. The average Bonchev–Trinajstić information content (AvgIpc) is 3.03. The van der Waals surface area contributed by atoms with Crippen molar-refractivity contribution in [3.63, 3.8) is 0 Å². The number of carbonyl (C=O) groups excluding carboxylic acids is 4. The fraction of sp³-hybridized carbons (Fsp3) is 0.217. The number of hydrogen-bond acceptors (Lipinski definition) is 4. The number of ketones is 1. The molecule has 0 unspecified atom stereocenters. The molecule has 0 aromatic heterocycles. The third kappa shape index (κ3) is 4.20. The molecule has 3 amide bonds. The molecule has 1 aliphatic heterocycles. The second-order valence-electron chi connectivity index (χ2n) is 7.44. The summed E-state index contributed by atoms with van der Waals surface area (Å²) in [4.78, 5) is 52.4. The van der Waals surface area contributed by atoms with Gasteiger partial charge in [-0.3, -0.25) is 19.2 Å². The molecule has 2 atom stereocenters. The topological polar surface area (TPSA) is 74.8 Å². The molecule has 8 heteroatoms. The average molecular weight is 502 g/mol. The minimum Gasteiger partial charge on any atom is -0.292 e. The van der Waals surface area contributed by atoms with Gasteiger partial charge in [0.25, 0.3) is 17.7 Å². The lowest BCUT2D eigenvalue weighted by Gasteiger charge is -2.30. The van der Waals surface area contributed by atoms with Crippen LogP contribution in [0.5, 0.6) is 0 Å². The monoisotopic (exact) mass is 500 g/mol. The third-order valence-electron chi connectivity index (χ3n) is 5.51. The van der Waals surface area contributed by atoms with E-state index in [1.165, 1.54) is 12.1 Å². The molecule has 31 heavy (non-hydrogen) atoms. The lowest BCUT2D eigenvalue weighted by molar-refractivity contribution is -0.154. The van der Waals surface area contributed by atoms with Crippen molar-refractivity contribution in [2.45, 2.75) is 12.8 Å². The van der Waals surface area contributed by atoms with Crippen LogP contribution in [0.1, 0.15) is 33.6 Å². The molecule has 0 bridgehead atoms. The van der Waals surface area contributed by atoms with Crippen LogP contribution in [-0.4, -0.2) is 40.1 Å². The molecule has 0 radical (unpaired) electrons. The van der Waals surface area contributed by atoms with Crippen LogP contribution in [0.4, 0.5) is 0 Å². The molecule has 2 aliphatic rings. The van der Waals surface area contributed by atoms with Gasteiger partial charge in [-0.15, -0.1) is 0 Å². The van der Waals surface area contributed by atoms with Crippen molar-refractivity contribution in [2.75, 3.05) is 6.54 Å². The van der Waals surface area contributed by atoms with Crippen LogP contribution in [0, 0.1) is 11.8 Å². The Morgan fingerprint density at radius 1 is 0.903 bits per heavy atom. The van der Waals surface area contributed by atoms with Crippen molar-refractivity contribution in [2.24, 2.45) is 11.8 Å². The SMILES string of the molecule is O=C(CN(C(=O)c1ccc(Cl)cc1)N1C(=O)[C@H]2CC=CC[C@H]2C1=O)c1ccc(Br)cc1. The summed E-state index contributed by atoms with van der Waals surface area (Å²) >= 11 is 9.24. The summed E-state index contributed by atoms with van der Waals surface area (Å²) in [5.74, 6) is -2.93. The van der Waals surface area contributed by atoms with Gasteiger partial charge >= 0.3 is 0 Å². The van der Waals surface area contributed by atoms with Crippen LogP contribution < -0.4 is 0 Å². The highest BCUT2D eigenvalue weighted by atomic mass is 79.9. The van der Waals surface area contributed by atoms with Crippen molar-refractivity contribution in [1.82, 2.24) is 10.0 Å². The molecule has 1 fully saturated rings. The molecule has 2 aromatic rings. The van der Waals surface area contributed by atoms with E-state index in [4.69, 9.17) is 11.6 Å². The molecule has 6 nitrogen and oxygen atoms in total. The molecule has 4 rings (SSSR count). The summed E-state index contributed by atoms with van der Waals surface area (Å²) in [5, 5.41) is 2.28. The van der Waals surface area contributed by atoms with E-state index >= 15 is 0 Å². The Labute approximate surface area is 192 Å². The number of fused-ring (bicyclic) bond motifs is 1. The summed E-state index contributed by atoms with van der Waals surface area (Å²) in [6.45, 7) is -0.437. The van der Waals surface area contributed by atoms with Gasteiger partial charge in [0.05, 0.1) is 11.8 Å². The van der Waals surface area contributed by atoms with Gasteiger partial charge in [-0.05, 0) is 49.2 Å². The Balaban J connectivity index is 1.68. The predicted molar refractivity (Wildman–Crippen MR) is 118 cm³/mol. The van der Waals surface area contributed by atoms with Gasteiger partial charge in [0.2, 0.25) is 0 Å². The van der Waals surface area contributed by atoms with E-state index in [9.17, 15) is 19.2 Å². The van der Waals surface area contributed by atoms with Crippen LogP contribution in [0.25, 0.3) is 0 Å². The van der Waals surface area contributed by atoms with Gasteiger partial charge in [0.1, 0.15) is 6.54 Å². The van der Waals surface area contributed by atoms with Gasteiger partial charge in [-0.2, -0.15) is 5.01 Å². The first-order chi connectivity index (χ1) is 14.9. The highest BCUT2D eigenvalue weighted by Crippen LogP contribution is 2.36. The fourth-order valence-electron chi connectivity index (χ4n) is 3.86. The summed E-state index contributed by atoms with van der Waals surface area (Å²) in [6.07, 6.45) is 4.62. The van der Waals surface area contributed by atoms with Gasteiger partial charge in [0.15, 0.2) is 5.78 Å². The largest absolute Gasteiger partial charge is 0.292 e. The molecule has 0 saturated carbocycles. The van der Waals surface area contributed by atoms with Crippen LogP contribution in [0.15, 0.2) is 65.2 Å². The van der Waals surface area contributed by atoms with E-state index in [2.05, 4.69) is 15.9 Å². The Kier molecular flexibility index (Phi) is 6.07. The Hall–Kier alpha value is -2.77. The standard InChI is InChI=1S/C23H18BrClN2O4/c24-16-9-5-14(6-10-16)20(28)13-26(21(29)15-7-11-17(25)12-8-15)27-22(30)18-3-1-2-4-19(18)23(27)31/h1-2,5-12,18-19H,3-4,13H2/t18-,19+. The zero-order valence-corrected chi connectivity index (χ0v) is 18.7. The first-order valence-electron chi connectivity index (χ1n) is 9.75. The number of carbonyl (C=O) groups is 4. The molecular formula is C23H18BrClN2O4. The number of amides is 3. The van der Waals surface area contributed by atoms with E-state index in [-0.39, 0.29) is 11.3 Å². The lowest BCUT2D eigenvalue weighted by Crippen LogP contribution is -2.52. The fourth-order valence-corrected chi connectivity index (χ4v) is 4.25. The number of rotatable bonds is 5. The maximum atomic E-state index is 13.3. The van der Waals surface area contributed by atoms with E-state index in [0.29, 0.717) is 23.4 Å². The quantitative estimate of drug-likeness (QED) is 0.348. The molecule has 1 heterocycles. The lowest BCUT2D eigenvalue weighted by atomic mass is 9.85. The van der Waals surface area contributed by atoms with Crippen molar-refractivity contribution in [3.8, 4) is 0 Å². The predicted octanol–water partition coefficient (Wildman–Crippen LogP) is 4.29. The zero-order chi connectivity index (χ0) is 22.1. The molecule has 2 aromatic carbocycles. The number of benzene rings is 2. The number of nitrogens with zero attached hydrogens (tertiary/aromatic N) is 2. The second kappa shape index (κ2) is 8.77. The van der Waals surface area contributed by atoms with Crippen LogP contribution in [0.3, 0.4) is 0 Å². The van der Waals surface area contributed by atoms with Gasteiger partial charge in [-0.1, -0.05) is 51.8 Å². The van der Waals surface area contributed by atoms with Crippen molar-refractivity contribution < 1.29 is 19.2 Å². The maximum absolute atomic E-state index is 13.3. The summed E-state index contributed by atoms with van der Waals surface area (Å²) < 4.78 is 0.805. The molecule has 158 valence electrons.